The second-order valence-electron chi connectivity index (χ2n) is 5.38. The lowest BCUT2D eigenvalue weighted by Gasteiger charge is -2.26. The van der Waals surface area contributed by atoms with Crippen molar-refractivity contribution in [1.29, 1.82) is 0 Å². The Labute approximate surface area is 108 Å². The highest BCUT2D eigenvalue weighted by atomic mass is 16.5. The monoisotopic (exact) mass is 245 g/mol. The van der Waals surface area contributed by atoms with E-state index in [9.17, 15) is 4.79 Å². The van der Waals surface area contributed by atoms with Crippen LogP contribution >= 0.6 is 0 Å². The van der Waals surface area contributed by atoms with Crippen LogP contribution in [0.15, 0.2) is 24.3 Å². The lowest BCUT2D eigenvalue weighted by Crippen LogP contribution is -2.41. The van der Waals surface area contributed by atoms with Crippen LogP contribution in [0, 0.1) is 6.92 Å². The summed E-state index contributed by atoms with van der Waals surface area (Å²) in [4.78, 5) is 14.2. The van der Waals surface area contributed by atoms with E-state index in [1.165, 1.54) is 11.1 Å². The van der Waals surface area contributed by atoms with E-state index in [4.69, 9.17) is 4.74 Å². The molecule has 3 nitrogen and oxygen atoms in total. The maximum atomic E-state index is 12.2. The van der Waals surface area contributed by atoms with Gasteiger partial charge in [0.05, 0.1) is 18.8 Å². The molecule has 0 aromatic heterocycles. The Kier molecular flexibility index (Phi) is 3.08. The van der Waals surface area contributed by atoms with Gasteiger partial charge in [0.15, 0.2) is 0 Å². The lowest BCUT2D eigenvalue weighted by atomic mass is 10.1. The molecule has 18 heavy (non-hydrogen) atoms. The number of likely N-dealkylation sites (tertiary alicyclic amines) is 1. The number of hydrogen-bond donors (Lipinski definition) is 0. The van der Waals surface area contributed by atoms with Gasteiger partial charge in [-0.25, -0.2) is 0 Å². The fourth-order valence-corrected chi connectivity index (χ4v) is 2.97. The third kappa shape index (κ3) is 2.27. The molecule has 2 fully saturated rings. The van der Waals surface area contributed by atoms with E-state index in [1.54, 1.807) is 0 Å². The maximum Gasteiger partial charge on any atom is 0.223 e. The van der Waals surface area contributed by atoms with Crippen LogP contribution in [0.2, 0.25) is 0 Å². The minimum Gasteiger partial charge on any atom is -0.374 e. The van der Waals surface area contributed by atoms with Crippen molar-refractivity contribution in [2.45, 2.75) is 38.3 Å². The highest BCUT2D eigenvalue weighted by molar-refractivity contribution is 5.77. The topological polar surface area (TPSA) is 29.5 Å². The van der Waals surface area contributed by atoms with Crippen molar-refractivity contribution in [1.82, 2.24) is 4.90 Å². The Bertz CT molecular complexity index is 458. The summed E-state index contributed by atoms with van der Waals surface area (Å²) in [6.45, 7) is 3.63. The van der Waals surface area contributed by atoms with Crippen LogP contribution < -0.4 is 0 Å². The predicted octanol–water partition coefficient (Wildman–Crippen LogP) is 1.93. The standard InChI is InChI=1S/C15H19NO2/c1-11-3-2-4-12(7-11)5-6-15(17)16-9-14-8-13(16)10-18-14/h2-4,7,13-14H,5-6,8-10H2,1H3. The normalized spacial score (nSPS) is 25.7. The first kappa shape index (κ1) is 11.7. The molecule has 96 valence electrons. The zero-order chi connectivity index (χ0) is 12.5. The number of carbonyl (C=O) groups is 1. The predicted molar refractivity (Wildman–Crippen MR) is 69.4 cm³/mol. The first-order valence-corrected chi connectivity index (χ1v) is 6.69. The lowest BCUT2D eigenvalue weighted by molar-refractivity contribution is -0.135. The quantitative estimate of drug-likeness (QED) is 0.814. The zero-order valence-corrected chi connectivity index (χ0v) is 10.8. The van der Waals surface area contributed by atoms with Gasteiger partial charge in [-0.05, 0) is 25.3 Å². The number of fused-ring (bicyclic) bond motifs is 2. The number of benzene rings is 1. The molecule has 0 N–H and O–H groups in total. The number of aryl methyl sites for hydroxylation is 2. The minimum absolute atomic E-state index is 0.285. The summed E-state index contributed by atoms with van der Waals surface area (Å²) in [5, 5.41) is 0. The minimum atomic E-state index is 0.285. The Morgan fingerprint density at radius 1 is 1.50 bits per heavy atom. The molecule has 0 spiro atoms. The summed E-state index contributed by atoms with van der Waals surface area (Å²) >= 11 is 0. The largest absolute Gasteiger partial charge is 0.374 e. The van der Waals surface area contributed by atoms with Crippen LogP contribution in [0.4, 0.5) is 0 Å². The van der Waals surface area contributed by atoms with E-state index < -0.39 is 0 Å². The summed E-state index contributed by atoms with van der Waals surface area (Å²) in [5.74, 6) is 0.285. The fourth-order valence-electron chi connectivity index (χ4n) is 2.97. The Morgan fingerprint density at radius 3 is 3.06 bits per heavy atom. The Balaban J connectivity index is 1.56. The smallest absolute Gasteiger partial charge is 0.223 e. The molecule has 2 aliphatic heterocycles. The first-order valence-electron chi connectivity index (χ1n) is 6.69. The second-order valence-corrected chi connectivity index (χ2v) is 5.38. The number of carbonyl (C=O) groups excluding carboxylic acids is 1. The van der Waals surface area contributed by atoms with Crippen LogP contribution in [0.3, 0.4) is 0 Å². The molecule has 0 aliphatic carbocycles. The van der Waals surface area contributed by atoms with Crippen molar-refractivity contribution in [3.63, 3.8) is 0 Å². The summed E-state index contributed by atoms with van der Waals surface area (Å²) in [6, 6.07) is 8.74. The molecule has 0 saturated carbocycles. The maximum absolute atomic E-state index is 12.2. The van der Waals surface area contributed by atoms with Crippen molar-refractivity contribution in [2.24, 2.45) is 0 Å². The molecular weight excluding hydrogens is 226 g/mol. The van der Waals surface area contributed by atoms with E-state index in [0.717, 1.165) is 26.0 Å². The number of ether oxygens (including phenoxy) is 1. The Hall–Kier alpha value is -1.35. The molecule has 2 unspecified atom stereocenters. The van der Waals surface area contributed by atoms with Crippen LogP contribution in [0.25, 0.3) is 0 Å². The number of nitrogens with zero attached hydrogens (tertiary/aromatic N) is 1. The third-order valence-electron chi connectivity index (χ3n) is 3.93. The van der Waals surface area contributed by atoms with E-state index in [1.807, 2.05) is 4.90 Å². The van der Waals surface area contributed by atoms with Gasteiger partial charge in [0.25, 0.3) is 0 Å². The van der Waals surface area contributed by atoms with Crippen LogP contribution in [0.5, 0.6) is 0 Å². The fraction of sp³-hybridized carbons (Fsp3) is 0.533. The number of rotatable bonds is 3. The van der Waals surface area contributed by atoms with E-state index in [2.05, 4.69) is 31.2 Å². The van der Waals surface area contributed by atoms with E-state index in [0.29, 0.717) is 18.6 Å². The van der Waals surface area contributed by atoms with Gasteiger partial charge < -0.3 is 9.64 Å². The average molecular weight is 245 g/mol. The highest BCUT2D eigenvalue weighted by Crippen LogP contribution is 2.28. The molecule has 1 amide bonds. The van der Waals surface area contributed by atoms with Crippen LogP contribution in [-0.2, 0) is 16.0 Å². The molecule has 3 heteroatoms. The van der Waals surface area contributed by atoms with Gasteiger partial charge in [-0.1, -0.05) is 29.8 Å². The molecule has 2 heterocycles. The number of hydrogen-bond acceptors (Lipinski definition) is 2. The zero-order valence-electron chi connectivity index (χ0n) is 10.8. The third-order valence-corrected chi connectivity index (χ3v) is 3.93. The van der Waals surface area contributed by atoms with Crippen molar-refractivity contribution in [3.8, 4) is 0 Å². The van der Waals surface area contributed by atoms with Gasteiger partial charge in [-0.3, -0.25) is 4.79 Å². The summed E-state index contributed by atoms with van der Waals surface area (Å²) in [6.07, 6.45) is 2.80. The number of amides is 1. The van der Waals surface area contributed by atoms with Crippen molar-refractivity contribution in [2.75, 3.05) is 13.2 Å². The van der Waals surface area contributed by atoms with E-state index >= 15 is 0 Å². The summed E-state index contributed by atoms with van der Waals surface area (Å²) in [7, 11) is 0. The molecule has 2 aliphatic rings. The molecule has 2 bridgehead atoms. The van der Waals surface area contributed by atoms with Crippen molar-refractivity contribution < 1.29 is 9.53 Å². The van der Waals surface area contributed by atoms with Crippen molar-refractivity contribution >= 4 is 5.91 Å². The number of morpholine rings is 1. The average Bonchev–Trinajstić information content (AvgIpc) is 2.98. The van der Waals surface area contributed by atoms with Gasteiger partial charge >= 0.3 is 0 Å². The van der Waals surface area contributed by atoms with Crippen LogP contribution in [0.1, 0.15) is 24.0 Å². The van der Waals surface area contributed by atoms with Gasteiger partial charge in [-0.15, -0.1) is 0 Å². The summed E-state index contributed by atoms with van der Waals surface area (Å²) < 4.78 is 5.52. The SMILES string of the molecule is Cc1cccc(CCC(=O)N2CC3CC2CO3)c1. The second kappa shape index (κ2) is 4.73. The first-order chi connectivity index (χ1) is 8.72. The molecule has 2 atom stereocenters. The van der Waals surface area contributed by atoms with Gasteiger partial charge in [0.1, 0.15) is 0 Å². The Morgan fingerprint density at radius 2 is 2.39 bits per heavy atom. The molecule has 3 rings (SSSR count). The van der Waals surface area contributed by atoms with Crippen LogP contribution in [-0.4, -0.2) is 36.1 Å². The van der Waals surface area contributed by atoms with Gasteiger partial charge in [0.2, 0.25) is 5.91 Å². The van der Waals surface area contributed by atoms with E-state index in [-0.39, 0.29) is 5.91 Å². The summed E-state index contributed by atoms with van der Waals surface area (Å²) in [5.41, 5.74) is 2.51. The highest BCUT2D eigenvalue weighted by Gasteiger charge is 2.40. The molecule has 1 aromatic carbocycles. The molecule has 0 radical (unpaired) electrons. The van der Waals surface area contributed by atoms with Crippen molar-refractivity contribution in [3.05, 3.63) is 35.4 Å². The molecule has 2 saturated heterocycles. The van der Waals surface area contributed by atoms with Gasteiger partial charge in [0, 0.05) is 13.0 Å². The molecular formula is C15H19NO2. The molecule has 1 aromatic rings. The van der Waals surface area contributed by atoms with Gasteiger partial charge in [-0.2, -0.15) is 0 Å².